The number of piperidine rings is 1. The summed E-state index contributed by atoms with van der Waals surface area (Å²) in [5.74, 6) is -1.35. The Kier molecular flexibility index (Phi) is 4.71. The van der Waals surface area contributed by atoms with Crippen molar-refractivity contribution in [3.63, 3.8) is 0 Å². The number of carbonyl (C=O) groups excluding carboxylic acids is 1. The van der Waals surface area contributed by atoms with Gasteiger partial charge in [0.2, 0.25) is 0 Å². The van der Waals surface area contributed by atoms with Crippen molar-refractivity contribution in [1.82, 2.24) is 4.90 Å². The maximum Gasteiger partial charge on any atom is 0.303 e. The Bertz CT molecular complexity index is 486. The Morgan fingerprint density at radius 3 is 2.60 bits per heavy atom. The Balaban J connectivity index is 2.08. The Morgan fingerprint density at radius 2 is 1.95 bits per heavy atom. The second kappa shape index (κ2) is 6.50. The minimum atomic E-state index is -0.843. The smallest absolute Gasteiger partial charge is 0.303 e. The fraction of sp³-hybridized carbons (Fsp3) is 0.467. The van der Waals surface area contributed by atoms with Gasteiger partial charge in [-0.3, -0.25) is 9.59 Å². The van der Waals surface area contributed by atoms with E-state index in [-0.39, 0.29) is 24.2 Å². The number of hydrogen-bond donors (Lipinski definition) is 1. The highest BCUT2D eigenvalue weighted by Gasteiger charge is 2.27. The first-order chi connectivity index (χ1) is 9.58. The number of likely N-dealkylation sites (tertiary alicyclic amines) is 1. The summed E-state index contributed by atoms with van der Waals surface area (Å²) in [6.07, 6.45) is 3.31. The molecule has 2 rings (SSSR count). The van der Waals surface area contributed by atoms with Gasteiger partial charge in [0, 0.05) is 24.6 Å². The monoisotopic (exact) mass is 279 g/mol. The number of hydrogen-bond acceptors (Lipinski definition) is 2. The molecule has 0 saturated carbocycles. The van der Waals surface area contributed by atoms with Gasteiger partial charge in [0.25, 0.3) is 5.91 Å². The molecule has 0 spiro atoms. The summed E-state index contributed by atoms with van der Waals surface area (Å²) < 4.78 is 12.9. The van der Waals surface area contributed by atoms with Gasteiger partial charge in [-0.05, 0) is 49.9 Å². The van der Waals surface area contributed by atoms with Crippen molar-refractivity contribution in [2.75, 3.05) is 6.54 Å². The van der Waals surface area contributed by atoms with Crippen LogP contribution in [-0.2, 0) is 4.79 Å². The van der Waals surface area contributed by atoms with E-state index in [2.05, 4.69) is 0 Å². The van der Waals surface area contributed by atoms with Crippen LogP contribution in [-0.4, -0.2) is 34.5 Å². The molecule has 1 amide bonds. The topological polar surface area (TPSA) is 57.6 Å². The summed E-state index contributed by atoms with van der Waals surface area (Å²) in [6.45, 7) is 0.639. The van der Waals surface area contributed by atoms with Gasteiger partial charge in [-0.25, -0.2) is 4.39 Å². The quantitative estimate of drug-likeness (QED) is 0.922. The zero-order valence-electron chi connectivity index (χ0n) is 11.2. The molecule has 1 aliphatic heterocycles. The molecule has 1 fully saturated rings. The number of halogens is 1. The van der Waals surface area contributed by atoms with Gasteiger partial charge in [0.15, 0.2) is 0 Å². The van der Waals surface area contributed by atoms with E-state index in [9.17, 15) is 14.0 Å². The van der Waals surface area contributed by atoms with E-state index in [1.54, 1.807) is 4.90 Å². The number of nitrogens with zero attached hydrogens (tertiary/aromatic N) is 1. The predicted molar refractivity (Wildman–Crippen MR) is 71.9 cm³/mol. The maximum absolute atomic E-state index is 12.9. The van der Waals surface area contributed by atoms with Gasteiger partial charge in [-0.15, -0.1) is 0 Å². The van der Waals surface area contributed by atoms with Crippen LogP contribution in [0.1, 0.15) is 42.5 Å². The molecule has 4 nitrogen and oxygen atoms in total. The van der Waals surface area contributed by atoms with E-state index >= 15 is 0 Å². The average Bonchev–Trinajstić information content (AvgIpc) is 2.45. The van der Waals surface area contributed by atoms with Crippen molar-refractivity contribution in [3.8, 4) is 0 Å². The molecule has 1 aliphatic rings. The van der Waals surface area contributed by atoms with Gasteiger partial charge in [0.1, 0.15) is 5.82 Å². The molecule has 5 heteroatoms. The van der Waals surface area contributed by atoms with Crippen LogP contribution in [0.15, 0.2) is 24.3 Å². The minimum Gasteiger partial charge on any atom is -0.481 e. The first-order valence-corrected chi connectivity index (χ1v) is 6.86. The molecular weight excluding hydrogens is 261 g/mol. The van der Waals surface area contributed by atoms with Crippen LogP contribution in [0.2, 0.25) is 0 Å². The highest BCUT2D eigenvalue weighted by molar-refractivity contribution is 5.94. The van der Waals surface area contributed by atoms with E-state index in [4.69, 9.17) is 5.11 Å². The van der Waals surface area contributed by atoms with Crippen molar-refractivity contribution in [3.05, 3.63) is 35.6 Å². The van der Waals surface area contributed by atoms with E-state index in [1.807, 2.05) is 0 Å². The van der Waals surface area contributed by atoms with Gasteiger partial charge in [-0.2, -0.15) is 0 Å². The van der Waals surface area contributed by atoms with E-state index in [1.165, 1.54) is 24.3 Å². The van der Waals surface area contributed by atoms with Crippen LogP contribution in [0.5, 0.6) is 0 Å². The molecular formula is C15H18FNO3. The summed E-state index contributed by atoms with van der Waals surface area (Å²) in [6, 6.07) is 5.45. The highest BCUT2D eigenvalue weighted by atomic mass is 19.1. The van der Waals surface area contributed by atoms with Crippen LogP contribution >= 0.6 is 0 Å². The van der Waals surface area contributed by atoms with Gasteiger partial charge < -0.3 is 10.0 Å². The predicted octanol–water partition coefficient (Wildman–Crippen LogP) is 2.69. The lowest BCUT2D eigenvalue weighted by Crippen LogP contribution is -2.43. The van der Waals surface area contributed by atoms with Crippen molar-refractivity contribution < 1.29 is 19.1 Å². The molecule has 1 unspecified atom stereocenters. The maximum atomic E-state index is 12.9. The second-order valence-corrected chi connectivity index (χ2v) is 5.09. The van der Waals surface area contributed by atoms with Crippen molar-refractivity contribution in [2.45, 2.75) is 38.1 Å². The fourth-order valence-corrected chi connectivity index (χ4v) is 2.62. The van der Waals surface area contributed by atoms with E-state index < -0.39 is 5.97 Å². The standard InChI is InChI=1S/C15H18FNO3/c16-12-6-4-11(5-7-12)15(20)17-10-2-1-3-13(17)8-9-14(18)19/h4-7,13H,1-3,8-10H2,(H,18,19). The third-order valence-corrected chi connectivity index (χ3v) is 3.67. The van der Waals surface area contributed by atoms with Crippen molar-refractivity contribution in [1.29, 1.82) is 0 Å². The number of carbonyl (C=O) groups is 2. The van der Waals surface area contributed by atoms with Crippen LogP contribution in [0.25, 0.3) is 0 Å². The number of aliphatic carboxylic acids is 1. The lowest BCUT2D eigenvalue weighted by Gasteiger charge is -2.35. The lowest BCUT2D eigenvalue weighted by atomic mass is 9.97. The number of carboxylic acid groups (broad SMARTS) is 1. The third-order valence-electron chi connectivity index (χ3n) is 3.67. The molecule has 0 aliphatic carbocycles. The average molecular weight is 279 g/mol. The molecule has 1 aromatic carbocycles. The first kappa shape index (κ1) is 14.5. The fourth-order valence-electron chi connectivity index (χ4n) is 2.62. The SMILES string of the molecule is O=C(O)CCC1CCCCN1C(=O)c1ccc(F)cc1. The number of amides is 1. The Hall–Kier alpha value is -1.91. The zero-order valence-corrected chi connectivity index (χ0v) is 11.2. The summed E-state index contributed by atoms with van der Waals surface area (Å²) in [5.41, 5.74) is 0.452. The molecule has 1 saturated heterocycles. The van der Waals surface area contributed by atoms with E-state index in [0.29, 0.717) is 18.5 Å². The lowest BCUT2D eigenvalue weighted by molar-refractivity contribution is -0.137. The largest absolute Gasteiger partial charge is 0.481 e. The summed E-state index contributed by atoms with van der Waals surface area (Å²) in [7, 11) is 0. The van der Waals surface area contributed by atoms with Crippen LogP contribution in [0.3, 0.4) is 0 Å². The zero-order chi connectivity index (χ0) is 14.5. The Labute approximate surface area is 117 Å². The molecule has 1 atom stereocenters. The van der Waals surface area contributed by atoms with E-state index in [0.717, 1.165) is 19.3 Å². The van der Waals surface area contributed by atoms with Crippen LogP contribution in [0, 0.1) is 5.82 Å². The number of rotatable bonds is 4. The first-order valence-electron chi connectivity index (χ1n) is 6.86. The molecule has 0 bridgehead atoms. The molecule has 108 valence electrons. The summed E-state index contributed by atoms with van der Waals surface area (Å²) >= 11 is 0. The second-order valence-electron chi connectivity index (χ2n) is 5.09. The Morgan fingerprint density at radius 1 is 1.25 bits per heavy atom. The summed E-state index contributed by atoms with van der Waals surface area (Å²) in [5, 5.41) is 8.77. The summed E-state index contributed by atoms with van der Waals surface area (Å²) in [4.78, 5) is 24.8. The van der Waals surface area contributed by atoms with Crippen LogP contribution in [0.4, 0.5) is 4.39 Å². The molecule has 1 aromatic rings. The van der Waals surface area contributed by atoms with Gasteiger partial charge >= 0.3 is 5.97 Å². The van der Waals surface area contributed by atoms with Crippen molar-refractivity contribution >= 4 is 11.9 Å². The molecule has 1 heterocycles. The minimum absolute atomic E-state index is 0.0302. The van der Waals surface area contributed by atoms with Crippen molar-refractivity contribution in [2.24, 2.45) is 0 Å². The van der Waals surface area contributed by atoms with Gasteiger partial charge in [-0.1, -0.05) is 0 Å². The molecule has 0 radical (unpaired) electrons. The number of carboxylic acids is 1. The number of benzene rings is 1. The van der Waals surface area contributed by atoms with Crippen LogP contribution < -0.4 is 0 Å². The third kappa shape index (κ3) is 3.56. The molecule has 1 N–H and O–H groups in total. The highest BCUT2D eigenvalue weighted by Crippen LogP contribution is 2.23. The normalized spacial score (nSPS) is 18.9. The van der Waals surface area contributed by atoms with Gasteiger partial charge in [0.05, 0.1) is 0 Å². The molecule has 0 aromatic heterocycles. The molecule has 20 heavy (non-hydrogen) atoms.